The predicted molar refractivity (Wildman–Crippen MR) is 65.3 cm³/mol. The number of hydrogen-bond acceptors (Lipinski definition) is 3. The molecule has 4 nitrogen and oxygen atoms in total. The molecule has 0 saturated carbocycles. The Morgan fingerprint density at radius 3 is 2.88 bits per heavy atom. The van der Waals surface area contributed by atoms with Crippen LogP contribution in [0.2, 0.25) is 0 Å². The van der Waals surface area contributed by atoms with Crippen LogP contribution >= 0.6 is 0 Å². The molecule has 2 aromatic heterocycles. The number of pyridine rings is 1. The standard InChI is InChI=1S/C12H18N4/c1-3-9(7-13)12-15-10-8-14-6-5-11(10)16(12)4-2/h5-6,8-9H,3-4,7,13H2,1-2H3. The van der Waals surface area contributed by atoms with Gasteiger partial charge in [0, 0.05) is 25.2 Å². The van der Waals surface area contributed by atoms with Crippen LogP contribution in [-0.2, 0) is 6.54 Å². The van der Waals surface area contributed by atoms with E-state index in [0.29, 0.717) is 12.5 Å². The van der Waals surface area contributed by atoms with E-state index < -0.39 is 0 Å². The topological polar surface area (TPSA) is 56.7 Å². The van der Waals surface area contributed by atoms with Gasteiger partial charge < -0.3 is 10.3 Å². The second kappa shape index (κ2) is 4.61. The average Bonchev–Trinajstić information content (AvgIpc) is 2.69. The number of aromatic nitrogens is 3. The van der Waals surface area contributed by atoms with Crippen LogP contribution < -0.4 is 5.73 Å². The van der Waals surface area contributed by atoms with Crippen molar-refractivity contribution in [3.05, 3.63) is 24.3 Å². The number of imidazole rings is 1. The lowest BCUT2D eigenvalue weighted by Crippen LogP contribution is -2.16. The molecule has 0 aliphatic carbocycles. The second-order valence-electron chi connectivity index (χ2n) is 3.92. The highest BCUT2D eigenvalue weighted by Crippen LogP contribution is 2.22. The SMILES string of the molecule is CCC(CN)c1nc2cnccc2n1CC. The summed E-state index contributed by atoms with van der Waals surface area (Å²) in [6.07, 6.45) is 4.64. The zero-order valence-corrected chi connectivity index (χ0v) is 9.85. The van der Waals surface area contributed by atoms with Gasteiger partial charge in [-0.05, 0) is 19.4 Å². The molecule has 0 fully saturated rings. The van der Waals surface area contributed by atoms with Gasteiger partial charge >= 0.3 is 0 Å². The van der Waals surface area contributed by atoms with E-state index in [1.165, 1.54) is 0 Å². The third-order valence-corrected chi connectivity index (χ3v) is 3.04. The second-order valence-corrected chi connectivity index (χ2v) is 3.92. The summed E-state index contributed by atoms with van der Waals surface area (Å²) < 4.78 is 2.23. The quantitative estimate of drug-likeness (QED) is 0.852. The van der Waals surface area contributed by atoms with Crippen LogP contribution in [0.25, 0.3) is 11.0 Å². The molecule has 0 aliphatic rings. The van der Waals surface area contributed by atoms with Gasteiger partial charge in [0.05, 0.1) is 11.7 Å². The Hall–Kier alpha value is -1.42. The van der Waals surface area contributed by atoms with Crippen LogP contribution in [0.3, 0.4) is 0 Å². The lowest BCUT2D eigenvalue weighted by molar-refractivity contribution is 0.586. The average molecular weight is 218 g/mol. The maximum atomic E-state index is 5.79. The number of rotatable bonds is 4. The Bertz CT molecular complexity index is 471. The van der Waals surface area contributed by atoms with Crippen LogP contribution in [-0.4, -0.2) is 21.1 Å². The lowest BCUT2D eigenvalue weighted by Gasteiger charge is -2.13. The third-order valence-electron chi connectivity index (χ3n) is 3.04. The zero-order valence-electron chi connectivity index (χ0n) is 9.85. The Balaban J connectivity index is 2.60. The molecule has 0 spiro atoms. The molecule has 2 heterocycles. The molecule has 0 aliphatic heterocycles. The first-order chi connectivity index (χ1) is 7.81. The summed E-state index contributed by atoms with van der Waals surface area (Å²) in [4.78, 5) is 8.75. The van der Waals surface area contributed by atoms with Crippen molar-refractivity contribution in [2.75, 3.05) is 6.54 Å². The van der Waals surface area contributed by atoms with Gasteiger partial charge in [0.15, 0.2) is 0 Å². The molecule has 2 aromatic rings. The van der Waals surface area contributed by atoms with Gasteiger partial charge in [-0.2, -0.15) is 0 Å². The van der Waals surface area contributed by atoms with Crippen molar-refractivity contribution < 1.29 is 0 Å². The van der Waals surface area contributed by atoms with E-state index in [1.807, 2.05) is 18.5 Å². The number of nitrogens with two attached hydrogens (primary N) is 1. The minimum Gasteiger partial charge on any atom is -0.330 e. The normalized spacial score (nSPS) is 13.2. The van der Waals surface area contributed by atoms with Gasteiger partial charge in [0.25, 0.3) is 0 Å². The molecular formula is C12H18N4. The van der Waals surface area contributed by atoms with Crippen LogP contribution in [0, 0.1) is 0 Å². The van der Waals surface area contributed by atoms with Crippen LogP contribution in [0.4, 0.5) is 0 Å². The molecule has 0 saturated heterocycles. The summed E-state index contributed by atoms with van der Waals surface area (Å²) in [7, 11) is 0. The van der Waals surface area contributed by atoms with Gasteiger partial charge in [-0.25, -0.2) is 4.98 Å². The van der Waals surface area contributed by atoms with Crippen molar-refractivity contribution >= 4 is 11.0 Å². The number of hydrogen-bond donors (Lipinski definition) is 1. The number of fused-ring (bicyclic) bond motifs is 1. The van der Waals surface area contributed by atoms with Crippen molar-refractivity contribution in [3.8, 4) is 0 Å². The van der Waals surface area contributed by atoms with Crippen molar-refractivity contribution in [1.82, 2.24) is 14.5 Å². The first kappa shape index (κ1) is 11.1. The first-order valence-electron chi connectivity index (χ1n) is 5.82. The first-order valence-corrected chi connectivity index (χ1v) is 5.82. The van der Waals surface area contributed by atoms with Gasteiger partial charge in [-0.3, -0.25) is 4.98 Å². The minimum atomic E-state index is 0.340. The van der Waals surface area contributed by atoms with E-state index in [9.17, 15) is 0 Å². The van der Waals surface area contributed by atoms with Crippen LogP contribution in [0.1, 0.15) is 32.0 Å². The summed E-state index contributed by atoms with van der Waals surface area (Å²) in [5.74, 6) is 1.43. The van der Waals surface area contributed by atoms with E-state index in [0.717, 1.165) is 29.8 Å². The predicted octanol–water partition coefficient (Wildman–Crippen LogP) is 1.90. The molecule has 86 valence electrons. The van der Waals surface area contributed by atoms with Crippen LogP contribution in [0.5, 0.6) is 0 Å². The fourth-order valence-electron chi connectivity index (χ4n) is 2.10. The Morgan fingerprint density at radius 2 is 2.25 bits per heavy atom. The number of nitrogens with zero attached hydrogens (tertiary/aromatic N) is 3. The molecule has 0 amide bonds. The highest BCUT2D eigenvalue weighted by molar-refractivity contribution is 5.74. The molecule has 2 rings (SSSR count). The van der Waals surface area contributed by atoms with Gasteiger partial charge in [-0.15, -0.1) is 0 Å². The van der Waals surface area contributed by atoms with E-state index in [2.05, 4.69) is 28.4 Å². The molecule has 1 atom stereocenters. The Kier molecular flexibility index (Phi) is 3.19. The van der Waals surface area contributed by atoms with E-state index in [1.54, 1.807) is 0 Å². The maximum Gasteiger partial charge on any atom is 0.114 e. The van der Waals surface area contributed by atoms with Gasteiger partial charge in [-0.1, -0.05) is 6.92 Å². The van der Waals surface area contributed by atoms with Gasteiger partial charge in [0.2, 0.25) is 0 Å². The molecule has 0 radical (unpaired) electrons. The molecule has 0 bridgehead atoms. The Labute approximate surface area is 95.5 Å². The summed E-state index contributed by atoms with van der Waals surface area (Å²) in [5, 5.41) is 0. The summed E-state index contributed by atoms with van der Waals surface area (Å²) >= 11 is 0. The molecule has 16 heavy (non-hydrogen) atoms. The molecule has 4 heteroatoms. The van der Waals surface area contributed by atoms with Crippen molar-refractivity contribution in [1.29, 1.82) is 0 Å². The highest BCUT2D eigenvalue weighted by Gasteiger charge is 2.16. The molecule has 1 unspecified atom stereocenters. The monoisotopic (exact) mass is 218 g/mol. The smallest absolute Gasteiger partial charge is 0.114 e. The maximum absolute atomic E-state index is 5.79. The lowest BCUT2D eigenvalue weighted by atomic mass is 10.1. The minimum absolute atomic E-state index is 0.340. The van der Waals surface area contributed by atoms with Crippen molar-refractivity contribution in [3.63, 3.8) is 0 Å². The summed E-state index contributed by atoms with van der Waals surface area (Å²) in [6.45, 7) is 5.85. The molecule has 0 aromatic carbocycles. The van der Waals surface area contributed by atoms with Gasteiger partial charge in [0.1, 0.15) is 11.3 Å². The number of aryl methyl sites for hydroxylation is 1. The van der Waals surface area contributed by atoms with E-state index in [4.69, 9.17) is 5.73 Å². The molecule has 2 N–H and O–H groups in total. The fourth-order valence-corrected chi connectivity index (χ4v) is 2.10. The van der Waals surface area contributed by atoms with E-state index >= 15 is 0 Å². The summed E-state index contributed by atoms with van der Waals surface area (Å²) in [5.41, 5.74) is 7.91. The van der Waals surface area contributed by atoms with Crippen LogP contribution in [0.15, 0.2) is 18.5 Å². The largest absolute Gasteiger partial charge is 0.330 e. The molecular weight excluding hydrogens is 200 g/mol. The zero-order chi connectivity index (χ0) is 11.5. The summed E-state index contributed by atoms with van der Waals surface area (Å²) in [6, 6.07) is 2.01. The highest BCUT2D eigenvalue weighted by atomic mass is 15.1. The Morgan fingerprint density at radius 1 is 1.44 bits per heavy atom. The van der Waals surface area contributed by atoms with E-state index in [-0.39, 0.29) is 0 Å². The third kappa shape index (κ3) is 1.69. The van der Waals surface area contributed by atoms with Crippen molar-refractivity contribution in [2.24, 2.45) is 5.73 Å². The van der Waals surface area contributed by atoms with Crippen molar-refractivity contribution in [2.45, 2.75) is 32.7 Å². The fraction of sp³-hybridized carbons (Fsp3) is 0.500.